The first-order valence-electron chi connectivity index (χ1n) is 49.6. The Morgan fingerprint density at radius 3 is 1.33 bits per heavy atom. The Labute approximate surface area is 830 Å². The van der Waals surface area contributed by atoms with Gasteiger partial charge in [-0.05, 0) is 254 Å². The van der Waals surface area contributed by atoms with Gasteiger partial charge in [-0.1, -0.05) is 344 Å². The van der Waals surface area contributed by atoms with Crippen LogP contribution in [0.2, 0.25) is 0 Å². The van der Waals surface area contributed by atoms with Crippen LogP contribution in [0.3, 0.4) is 0 Å². The number of aromatic nitrogens is 9. The van der Waals surface area contributed by atoms with Gasteiger partial charge in [-0.2, -0.15) is 15.3 Å². The molecule has 0 saturated carbocycles. The minimum Gasteiger partial charge on any atom is -0.508 e. The van der Waals surface area contributed by atoms with Crippen molar-refractivity contribution in [1.82, 2.24) is 45.5 Å². The molecule has 17 heteroatoms. The number of aliphatic hydroxyl groups excluding tert-OH is 1. The third-order valence-corrected chi connectivity index (χ3v) is 22.9. The highest BCUT2D eigenvalue weighted by molar-refractivity contribution is 5.81. The summed E-state index contributed by atoms with van der Waals surface area (Å²) < 4.78 is 12.7. The maximum Gasteiger partial charge on any atom is 0.143 e. The highest BCUT2D eigenvalue weighted by Gasteiger charge is 2.16. The molecule has 6 aromatic heterocycles. The zero-order valence-electron chi connectivity index (χ0n) is 87.7. The smallest absolute Gasteiger partial charge is 0.143 e. The van der Waals surface area contributed by atoms with Crippen LogP contribution in [0.5, 0.6) is 5.75 Å². The van der Waals surface area contributed by atoms with E-state index in [1.165, 1.54) is 89.2 Å². The second-order valence-electron chi connectivity index (χ2n) is 38.6. The molecule has 18 rings (SSSR count). The molecule has 736 valence electrons. The number of benzene rings is 9. The van der Waals surface area contributed by atoms with Gasteiger partial charge in [0.15, 0.2) is 0 Å². The summed E-state index contributed by atoms with van der Waals surface area (Å²) in [4.78, 5) is 30.1. The number of nitrogens with one attached hydrogen (secondary N) is 3. The van der Waals surface area contributed by atoms with Crippen molar-refractivity contribution in [1.29, 1.82) is 0 Å². The molecule has 9 aromatic carbocycles. The molecule has 0 amide bonds. The van der Waals surface area contributed by atoms with Gasteiger partial charge in [0, 0.05) is 88.4 Å². The van der Waals surface area contributed by atoms with Gasteiger partial charge in [-0.15, -0.1) is 0 Å². The number of para-hydroxylation sites is 5. The summed E-state index contributed by atoms with van der Waals surface area (Å²) in [5, 5.41) is 47.1. The zero-order chi connectivity index (χ0) is 102. The molecule has 0 saturated heterocycles. The first-order chi connectivity index (χ1) is 66.4. The largest absolute Gasteiger partial charge is 0.508 e. The van der Waals surface area contributed by atoms with Crippen molar-refractivity contribution in [2.75, 3.05) is 18.9 Å². The fourth-order valence-corrected chi connectivity index (χ4v) is 13.8. The van der Waals surface area contributed by atoms with Gasteiger partial charge in [0.05, 0.1) is 45.2 Å². The number of pyridine rings is 3. The summed E-state index contributed by atoms with van der Waals surface area (Å²) in [6.07, 6.45) is 14.1. The normalized spacial score (nSPS) is 12.1. The number of phenols is 1. The number of aliphatic hydroxyl groups is 1. The highest BCUT2D eigenvalue weighted by atomic mass is 19.1. The average molecular weight is 1870 g/mol. The second kappa shape index (κ2) is 61.9. The SMILES string of the molecule is CC(C)C1=c2ccccc2=NC1.CC(C)C1C=c2ccccc2=N1.CC(C)C1N=c2ccccc2=N1.CC(C)c1[nH]nc2ccccc12.CC(C)c1cc(-c2ccc(F)cc2)n[nH]1.CC(C)c1ccc(CCO)cc1.CC(C)c1ccc(N)cc1.CC(C)c1ccc(O)cc1.CC(C)c1ccccc1.CC(C)c1ccccn1.CC(C)c1cccnc1.CC(C)c1ccn[nH]1.CC(C)c1ccncc1. The van der Waals surface area contributed by atoms with E-state index >= 15 is 0 Å². The number of rotatable bonds is 16. The lowest BCUT2D eigenvalue weighted by molar-refractivity contribution is 0.299. The Balaban J connectivity index is 0.000000232. The van der Waals surface area contributed by atoms with Crippen LogP contribution < -0.4 is 37.6 Å². The average Bonchev–Trinajstić information content (AvgIpc) is 1.67. The van der Waals surface area contributed by atoms with Crippen molar-refractivity contribution in [3.05, 3.63) is 416 Å². The number of fused-ring (bicyclic) bond motifs is 4. The number of nitrogens with two attached hydrogens (primary N) is 1. The van der Waals surface area contributed by atoms with Gasteiger partial charge < -0.3 is 15.9 Å². The molecule has 0 radical (unpaired) electrons. The van der Waals surface area contributed by atoms with Crippen LogP contribution in [0.1, 0.15) is 301 Å². The Morgan fingerprint density at radius 1 is 0.381 bits per heavy atom. The molecule has 9 heterocycles. The number of hydrogen-bond donors (Lipinski definition) is 6. The first kappa shape index (κ1) is 114. The predicted molar refractivity (Wildman–Crippen MR) is 583 cm³/mol. The molecule has 1 unspecified atom stereocenters. The number of aromatic hydroxyl groups is 1. The molecule has 1 atom stereocenters. The number of phenolic OH excluding ortho intramolecular Hbond substituents is 1. The quantitative estimate of drug-likeness (QED) is 0.0504. The minimum absolute atomic E-state index is 0.141. The lowest BCUT2D eigenvalue weighted by Gasteiger charge is -2.06. The first-order valence-corrected chi connectivity index (χ1v) is 49.6. The van der Waals surface area contributed by atoms with E-state index in [2.05, 4.69) is 361 Å². The topological polar surface area (TPSA) is 241 Å². The maximum atomic E-state index is 12.7. The molecule has 16 nitrogen and oxygen atoms in total. The number of halogens is 1. The van der Waals surface area contributed by atoms with Crippen LogP contribution >= 0.6 is 0 Å². The monoisotopic (exact) mass is 1870 g/mol. The Bertz CT molecular complexity index is 5890. The van der Waals surface area contributed by atoms with Crippen LogP contribution in [0.15, 0.2) is 336 Å². The van der Waals surface area contributed by atoms with E-state index in [9.17, 15) is 4.39 Å². The molecule has 0 bridgehead atoms. The fourth-order valence-electron chi connectivity index (χ4n) is 13.8. The molecule has 139 heavy (non-hydrogen) atoms. The van der Waals surface area contributed by atoms with E-state index in [0.717, 1.165) is 62.9 Å². The van der Waals surface area contributed by atoms with Crippen molar-refractivity contribution in [3.8, 4) is 17.0 Å². The summed E-state index contributed by atoms with van der Waals surface area (Å²) in [7, 11) is 0. The molecular formula is C122H159FN14O2. The van der Waals surface area contributed by atoms with Gasteiger partial charge in [-0.3, -0.25) is 50.2 Å². The summed E-state index contributed by atoms with van der Waals surface area (Å²) in [6.45, 7) is 57.4. The Morgan fingerprint density at radius 2 is 0.885 bits per heavy atom. The van der Waals surface area contributed by atoms with Gasteiger partial charge in [0.2, 0.25) is 0 Å². The number of anilines is 1. The molecule has 15 aromatic rings. The van der Waals surface area contributed by atoms with E-state index in [1.807, 2.05) is 158 Å². The van der Waals surface area contributed by atoms with E-state index < -0.39 is 0 Å². The lowest BCUT2D eigenvalue weighted by Crippen LogP contribution is -2.23. The lowest BCUT2D eigenvalue weighted by atomic mass is 10.0. The van der Waals surface area contributed by atoms with Gasteiger partial charge >= 0.3 is 0 Å². The number of hydrogen-bond acceptors (Lipinski definition) is 13. The standard InChI is InChI=1S/C12H13FN2.2C11H13N.C11H16O.2C10H12N2.C9H13N.C9H12O.C9H12.3C8H11N.C6H10N2/c1-8(2)11-7-12(15-14-11)9-3-5-10(13)6-4-9;1-8(2)10-7-12-11-6-4-3-5-9(10)11;1-8(2)11-7-9-5-3-4-6-10(9)12-11;1-9(2)11-5-3-10(4-6-11)7-8-12;1-7(2)10-11-8-5-3-4-6-9(8)12-10;1-7(2)10-8-5-3-4-6-9(8)11-12-10;2*1-7(2)8-3-5-9(10)6-4-8;1-8(2)9-6-4-3-5-7-9;1-7(2)8-3-5-9-6-4-8;1-7(2)8-4-3-5-9-6-8;1-7(2)8-5-3-4-6-9-8;1-5(2)6-3-4-7-8-6/h3-8H,1-2H3,(H,14,15);3-6,8H,7H2,1-2H3;3-8,11H,1-2H3;3-6,9,12H,7-8H2,1-2H3;3-7,10H,1-2H3;3-7H,1-2H3,(H,11,12);3-7H,10H2,1-2H3;3-7,10H,1-2H3;3-8H,1-2H3;3*3-7H,1-2H3;3-5H,1-2H3,(H,7,8). The van der Waals surface area contributed by atoms with Crippen molar-refractivity contribution < 1.29 is 14.6 Å². The van der Waals surface area contributed by atoms with Gasteiger partial charge in [-0.25, -0.2) is 4.39 Å². The number of nitrogens with zero attached hydrogens (tertiary/aromatic N) is 10. The van der Waals surface area contributed by atoms with E-state index in [0.29, 0.717) is 88.7 Å². The minimum atomic E-state index is -0.224. The summed E-state index contributed by atoms with van der Waals surface area (Å²) in [5.41, 5.74) is 24.6. The van der Waals surface area contributed by atoms with Crippen molar-refractivity contribution in [2.45, 2.75) is 258 Å². The molecular weight excluding hydrogens is 1710 g/mol. The zero-order valence-corrected chi connectivity index (χ0v) is 87.7. The summed E-state index contributed by atoms with van der Waals surface area (Å²) >= 11 is 0. The predicted octanol–water partition coefficient (Wildman–Crippen LogP) is 27.4. The van der Waals surface area contributed by atoms with Crippen LogP contribution in [-0.4, -0.2) is 81.1 Å². The molecule has 0 aliphatic carbocycles. The van der Waals surface area contributed by atoms with E-state index in [4.69, 9.17) is 15.9 Å². The van der Waals surface area contributed by atoms with Crippen molar-refractivity contribution >= 4 is 28.2 Å². The van der Waals surface area contributed by atoms with Crippen LogP contribution in [0.25, 0.3) is 33.8 Å². The third-order valence-electron chi connectivity index (χ3n) is 22.9. The van der Waals surface area contributed by atoms with Crippen LogP contribution in [0.4, 0.5) is 10.1 Å². The molecule has 3 aliphatic heterocycles. The van der Waals surface area contributed by atoms with Crippen LogP contribution in [0, 0.1) is 23.6 Å². The summed E-state index contributed by atoms with van der Waals surface area (Å²) in [6, 6.07) is 92.1. The van der Waals surface area contributed by atoms with Crippen LogP contribution in [-0.2, 0) is 6.42 Å². The second-order valence-corrected chi connectivity index (χ2v) is 38.6. The maximum absolute atomic E-state index is 12.7. The van der Waals surface area contributed by atoms with Crippen molar-refractivity contribution in [2.24, 2.45) is 37.7 Å². The molecule has 0 spiro atoms. The Hall–Kier alpha value is -13.3. The molecule has 0 fully saturated rings. The fraction of sp³-hybridized carbons (Fsp3) is 0.361. The van der Waals surface area contributed by atoms with Gasteiger partial charge in [0.1, 0.15) is 17.7 Å². The van der Waals surface area contributed by atoms with Gasteiger partial charge in [0.25, 0.3) is 0 Å². The number of aromatic amines is 3. The molecule has 7 N–H and O–H groups in total. The summed E-state index contributed by atoms with van der Waals surface area (Å²) in [5.74, 6) is 7.50. The van der Waals surface area contributed by atoms with E-state index in [1.54, 1.807) is 36.7 Å². The highest BCUT2D eigenvalue weighted by Crippen LogP contribution is 2.26. The number of H-pyrrole nitrogens is 3. The van der Waals surface area contributed by atoms with E-state index in [-0.39, 0.29) is 18.6 Å². The number of nitrogen functional groups attached to an aromatic ring is 1. The molecule has 3 aliphatic rings. The van der Waals surface area contributed by atoms with Crippen molar-refractivity contribution in [3.63, 3.8) is 0 Å². The Kier molecular flexibility index (Phi) is 50.9. The third kappa shape index (κ3) is 41.9.